The molecular weight excluding hydrogens is 521 g/mol. The molecule has 1 aliphatic rings. The molecule has 32 heavy (non-hydrogen) atoms. The lowest BCUT2D eigenvalue weighted by molar-refractivity contribution is -0.130. The number of rotatable bonds is 11. The maximum Gasteiger partial charge on any atom is 0.219 e. The zero-order chi connectivity index (χ0) is 22.5. The predicted octanol–water partition coefficient (Wildman–Crippen LogP) is 2.25. The fourth-order valence-electron chi connectivity index (χ4n) is 3.44. The number of aryl methyl sites for hydroxylation is 1. The van der Waals surface area contributed by atoms with Crippen LogP contribution in [0.15, 0.2) is 23.2 Å². The van der Waals surface area contributed by atoms with Crippen LogP contribution in [0.5, 0.6) is 5.75 Å². The number of halogens is 1. The minimum atomic E-state index is 0. The van der Waals surface area contributed by atoms with Crippen molar-refractivity contribution in [3.63, 3.8) is 0 Å². The van der Waals surface area contributed by atoms with Gasteiger partial charge in [-0.2, -0.15) is 0 Å². The Morgan fingerprint density at radius 3 is 2.56 bits per heavy atom. The van der Waals surface area contributed by atoms with E-state index in [2.05, 4.69) is 47.6 Å². The zero-order valence-corrected chi connectivity index (χ0v) is 22.3. The first-order valence-corrected chi connectivity index (χ1v) is 11.2. The van der Waals surface area contributed by atoms with Gasteiger partial charge in [0.05, 0.1) is 13.2 Å². The quantitative estimate of drug-likeness (QED) is 0.187. The van der Waals surface area contributed by atoms with E-state index in [1.54, 1.807) is 14.0 Å². The van der Waals surface area contributed by atoms with E-state index in [1.807, 2.05) is 4.90 Å². The Labute approximate surface area is 210 Å². The third kappa shape index (κ3) is 10.4. The fourth-order valence-corrected chi connectivity index (χ4v) is 3.44. The van der Waals surface area contributed by atoms with E-state index < -0.39 is 0 Å². The van der Waals surface area contributed by atoms with E-state index in [9.17, 15) is 4.79 Å². The van der Waals surface area contributed by atoms with Crippen molar-refractivity contribution in [3.8, 4) is 5.75 Å². The zero-order valence-electron chi connectivity index (χ0n) is 20.0. The van der Waals surface area contributed by atoms with Gasteiger partial charge in [-0.25, -0.2) is 4.99 Å². The van der Waals surface area contributed by atoms with Crippen LogP contribution in [0.3, 0.4) is 0 Å². The van der Waals surface area contributed by atoms with E-state index in [0.29, 0.717) is 19.8 Å². The monoisotopic (exact) mass is 561 g/mol. The third-order valence-electron chi connectivity index (χ3n) is 5.26. The molecule has 2 rings (SSSR count). The number of benzene rings is 1. The molecule has 1 aromatic rings. The summed E-state index contributed by atoms with van der Waals surface area (Å²) in [5.74, 6) is 1.85. The SMILES string of the molecule is CCNC(=NCc1ccc(C)cc1OCCCOC)NCCN1CCN(C(C)=O)CC1.I. The molecule has 1 aliphatic heterocycles. The number of nitrogens with one attached hydrogen (secondary N) is 2. The number of nitrogens with zero attached hydrogens (tertiary/aromatic N) is 3. The third-order valence-corrected chi connectivity index (χ3v) is 5.26. The Kier molecular flexibility index (Phi) is 14.3. The highest BCUT2D eigenvalue weighted by Gasteiger charge is 2.17. The number of carbonyl (C=O) groups excluding carboxylic acids is 1. The molecule has 1 fully saturated rings. The molecule has 0 atom stereocenters. The van der Waals surface area contributed by atoms with Gasteiger partial charge in [-0.05, 0) is 25.5 Å². The molecule has 1 aromatic carbocycles. The van der Waals surface area contributed by atoms with Crippen molar-refractivity contribution < 1.29 is 14.3 Å². The van der Waals surface area contributed by atoms with Crippen molar-refractivity contribution >= 4 is 35.8 Å². The molecule has 0 aliphatic carbocycles. The summed E-state index contributed by atoms with van der Waals surface area (Å²) in [5, 5.41) is 6.74. The molecule has 1 saturated heterocycles. The average Bonchev–Trinajstić information content (AvgIpc) is 2.76. The van der Waals surface area contributed by atoms with Gasteiger partial charge < -0.3 is 25.0 Å². The van der Waals surface area contributed by atoms with Crippen molar-refractivity contribution in [2.45, 2.75) is 33.7 Å². The number of piperazine rings is 1. The summed E-state index contributed by atoms with van der Waals surface area (Å²) in [4.78, 5) is 20.5. The van der Waals surface area contributed by atoms with Crippen LogP contribution in [0.25, 0.3) is 0 Å². The normalized spacial score (nSPS) is 14.6. The van der Waals surface area contributed by atoms with Gasteiger partial charge in [0.1, 0.15) is 5.75 Å². The molecule has 9 heteroatoms. The molecular formula is C23H40IN5O3. The minimum Gasteiger partial charge on any atom is -0.493 e. The Balaban J connectivity index is 0.00000512. The number of amides is 1. The lowest BCUT2D eigenvalue weighted by atomic mass is 10.1. The summed E-state index contributed by atoms with van der Waals surface area (Å²) < 4.78 is 11.1. The van der Waals surface area contributed by atoms with E-state index in [-0.39, 0.29) is 29.9 Å². The van der Waals surface area contributed by atoms with Crippen LogP contribution in [0.1, 0.15) is 31.4 Å². The summed E-state index contributed by atoms with van der Waals surface area (Å²) in [5.41, 5.74) is 2.24. The Bertz CT molecular complexity index is 709. The summed E-state index contributed by atoms with van der Waals surface area (Å²) >= 11 is 0. The smallest absolute Gasteiger partial charge is 0.219 e. The molecule has 1 amide bonds. The largest absolute Gasteiger partial charge is 0.493 e. The number of guanidine groups is 1. The molecule has 0 radical (unpaired) electrons. The lowest BCUT2D eigenvalue weighted by Gasteiger charge is -2.34. The first kappa shape index (κ1) is 28.4. The van der Waals surface area contributed by atoms with Crippen molar-refractivity contribution in [1.29, 1.82) is 0 Å². The number of hydrogen-bond acceptors (Lipinski definition) is 5. The first-order valence-electron chi connectivity index (χ1n) is 11.2. The summed E-state index contributed by atoms with van der Waals surface area (Å²) in [6.45, 7) is 13.6. The van der Waals surface area contributed by atoms with Gasteiger partial charge in [0.25, 0.3) is 0 Å². The van der Waals surface area contributed by atoms with E-state index in [0.717, 1.165) is 69.5 Å². The van der Waals surface area contributed by atoms with Crippen LogP contribution >= 0.6 is 24.0 Å². The average molecular weight is 562 g/mol. The van der Waals surface area contributed by atoms with Gasteiger partial charge in [0.2, 0.25) is 5.91 Å². The van der Waals surface area contributed by atoms with Crippen molar-refractivity contribution in [2.75, 3.05) is 66.1 Å². The maximum atomic E-state index is 11.5. The van der Waals surface area contributed by atoms with Crippen LogP contribution < -0.4 is 15.4 Å². The maximum absolute atomic E-state index is 11.5. The molecule has 0 saturated carbocycles. The molecule has 0 unspecified atom stereocenters. The molecule has 2 N–H and O–H groups in total. The molecule has 0 bridgehead atoms. The summed E-state index contributed by atoms with van der Waals surface area (Å²) in [7, 11) is 1.70. The highest BCUT2D eigenvalue weighted by atomic mass is 127. The number of ether oxygens (including phenoxy) is 2. The Morgan fingerprint density at radius 2 is 1.91 bits per heavy atom. The molecule has 0 aromatic heterocycles. The molecule has 8 nitrogen and oxygen atoms in total. The van der Waals surface area contributed by atoms with Crippen molar-refractivity contribution in [2.24, 2.45) is 4.99 Å². The van der Waals surface area contributed by atoms with Gasteiger partial charge in [0, 0.05) is 78.4 Å². The number of aliphatic imine (C=N–C) groups is 1. The molecule has 1 heterocycles. The minimum absolute atomic E-state index is 0. The number of methoxy groups -OCH3 is 1. The first-order chi connectivity index (χ1) is 15.0. The molecule has 0 spiro atoms. The van der Waals surface area contributed by atoms with Crippen LogP contribution in [0.2, 0.25) is 0 Å². The van der Waals surface area contributed by atoms with Gasteiger partial charge in [-0.1, -0.05) is 12.1 Å². The van der Waals surface area contributed by atoms with E-state index >= 15 is 0 Å². The van der Waals surface area contributed by atoms with Gasteiger partial charge in [0.15, 0.2) is 5.96 Å². The second-order valence-electron chi connectivity index (χ2n) is 7.78. The second-order valence-corrected chi connectivity index (χ2v) is 7.78. The summed E-state index contributed by atoms with van der Waals surface area (Å²) in [6, 6.07) is 6.25. The predicted molar refractivity (Wildman–Crippen MR) is 140 cm³/mol. The van der Waals surface area contributed by atoms with Crippen molar-refractivity contribution in [3.05, 3.63) is 29.3 Å². The highest BCUT2D eigenvalue weighted by Crippen LogP contribution is 2.21. The van der Waals surface area contributed by atoms with E-state index in [4.69, 9.17) is 14.5 Å². The number of carbonyl (C=O) groups is 1. The Hall–Kier alpha value is -1.59. The standard InChI is InChI=1S/C23H39N5O3.HI/c1-5-24-23(25-9-10-27-11-13-28(14-12-27)20(3)29)26-18-21-8-7-19(2)17-22(21)31-16-6-15-30-4;/h7-8,17H,5-6,9-16,18H2,1-4H3,(H2,24,25,26);1H. The summed E-state index contributed by atoms with van der Waals surface area (Å²) in [6.07, 6.45) is 0.859. The highest BCUT2D eigenvalue weighted by molar-refractivity contribution is 14.0. The topological polar surface area (TPSA) is 78.4 Å². The van der Waals surface area contributed by atoms with Crippen molar-refractivity contribution in [1.82, 2.24) is 20.4 Å². The lowest BCUT2D eigenvalue weighted by Crippen LogP contribution is -2.50. The van der Waals surface area contributed by atoms with Crippen LogP contribution in [-0.4, -0.2) is 87.8 Å². The fraction of sp³-hybridized carbons (Fsp3) is 0.652. The number of hydrogen-bond donors (Lipinski definition) is 2. The Morgan fingerprint density at radius 1 is 1.16 bits per heavy atom. The van der Waals surface area contributed by atoms with Gasteiger partial charge in [-0.15, -0.1) is 24.0 Å². The molecule has 182 valence electrons. The van der Waals surface area contributed by atoms with Crippen LogP contribution in [0, 0.1) is 6.92 Å². The van der Waals surface area contributed by atoms with E-state index in [1.165, 1.54) is 5.56 Å². The second kappa shape index (κ2) is 16.1. The van der Waals surface area contributed by atoms with Crippen LogP contribution in [-0.2, 0) is 16.1 Å². The van der Waals surface area contributed by atoms with Gasteiger partial charge in [-0.3, -0.25) is 9.69 Å². The van der Waals surface area contributed by atoms with Crippen LogP contribution in [0.4, 0.5) is 0 Å². The van der Waals surface area contributed by atoms with Gasteiger partial charge >= 0.3 is 0 Å².